The molecule has 0 heterocycles. The minimum Gasteiger partial charge on any atom is -0.462 e. The highest BCUT2D eigenvalue weighted by molar-refractivity contribution is 7.47. The van der Waals surface area contributed by atoms with E-state index in [0.717, 1.165) is 102 Å². The number of hydrogen-bond acceptors (Lipinski definition) is 15. The number of aliphatic hydroxyl groups excluding tert-OH is 1. The Balaban J connectivity index is 5.06. The molecule has 98 heavy (non-hydrogen) atoms. The first-order chi connectivity index (χ1) is 47.4. The van der Waals surface area contributed by atoms with Crippen LogP contribution in [0.5, 0.6) is 0 Å². The molecule has 0 bridgehead atoms. The van der Waals surface area contributed by atoms with E-state index in [1.807, 2.05) is 0 Å². The third-order valence-corrected chi connectivity index (χ3v) is 20.7. The summed E-state index contributed by atoms with van der Waals surface area (Å²) < 4.78 is 68.3. The lowest BCUT2D eigenvalue weighted by atomic mass is 9.99. The van der Waals surface area contributed by atoms with Crippen LogP contribution in [0.15, 0.2) is 0 Å². The number of phosphoric acid groups is 2. The second kappa shape index (κ2) is 70.7. The van der Waals surface area contributed by atoms with Crippen molar-refractivity contribution >= 4 is 39.5 Å². The molecule has 0 spiro atoms. The van der Waals surface area contributed by atoms with Gasteiger partial charge in [0.15, 0.2) is 12.2 Å². The Hall–Kier alpha value is -1.94. The molecule has 0 radical (unpaired) electrons. The summed E-state index contributed by atoms with van der Waals surface area (Å²) in [6.45, 7) is 9.48. The van der Waals surface area contributed by atoms with Crippen molar-refractivity contribution in [3.63, 3.8) is 0 Å². The molecule has 582 valence electrons. The van der Waals surface area contributed by atoms with Gasteiger partial charge in [-0.25, -0.2) is 9.13 Å². The third-order valence-electron chi connectivity index (χ3n) is 18.8. The largest absolute Gasteiger partial charge is 0.472 e. The van der Waals surface area contributed by atoms with Gasteiger partial charge in [-0.3, -0.25) is 37.3 Å². The maximum absolute atomic E-state index is 13.1. The predicted octanol–water partition coefficient (Wildman–Crippen LogP) is 23.5. The van der Waals surface area contributed by atoms with Crippen molar-refractivity contribution < 1.29 is 80.2 Å². The molecule has 0 aromatic carbocycles. The zero-order valence-electron chi connectivity index (χ0n) is 64.1. The molecule has 6 atom stereocenters. The summed E-state index contributed by atoms with van der Waals surface area (Å²) >= 11 is 0. The van der Waals surface area contributed by atoms with E-state index in [2.05, 4.69) is 41.5 Å². The Morgan fingerprint density at radius 3 is 0.776 bits per heavy atom. The lowest BCUT2D eigenvalue weighted by molar-refractivity contribution is -0.161. The monoisotopic (exact) mass is 1440 g/mol. The quantitative estimate of drug-likeness (QED) is 0.0222. The minimum absolute atomic E-state index is 0.101. The van der Waals surface area contributed by atoms with Crippen LogP contribution in [-0.4, -0.2) is 96.7 Å². The van der Waals surface area contributed by atoms with Crippen molar-refractivity contribution in [3.05, 3.63) is 0 Å². The first kappa shape index (κ1) is 96.1. The molecule has 0 amide bonds. The molecule has 0 aliphatic rings. The van der Waals surface area contributed by atoms with Crippen molar-refractivity contribution in [2.24, 2.45) is 11.8 Å². The summed E-state index contributed by atoms with van der Waals surface area (Å²) in [5.74, 6) is -0.591. The molecule has 0 aliphatic heterocycles. The van der Waals surface area contributed by atoms with Crippen LogP contribution in [0.1, 0.15) is 414 Å². The molecule has 0 fully saturated rings. The normalized spacial score (nSPS) is 14.2. The fourth-order valence-electron chi connectivity index (χ4n) is 12.2. The highest BCUT2D eigenvalue weighted by Gasteiger charge is 2.30. The average Bonchev–Trinajstić information content (AvgIpc) is 1.05. The molecule has 3 N–H and O–H groups in total. The predicted molar refractivity (Wildman–Crippen MR) is 400 cm³/mol. The Morgan fingerprint density at radius 2 is 0.520 bits per heavy atom. The van der Waals surface area contributed by atoms with Gasteiger partial charge in [-0.05, 0) is 37.5 Å². The van der Waals surface area contributed by atoms with Crippen LogP contribution >= 0.6 is 15.6 Å². The fraction of sp³-hybridized carbons (Fsp3) is 0.949. The zero-order valence-corrected chi connectivity index (χ0v) is 65.9. The van der Waals surface area contributed by atoms with Crippen LogP contribution in [0.2, 0.25) is 0 Å². The zero-order chi connectivity index (χ0) is 72.1. The molecule has 0 aromatic heterocycles. The molecule has 3 unspecified atom stereocenters. The van der Waals surface area contributed by atoms with E-state index in [-0.39, 0.29) is 25.7 Å². The number of esters is 4. The van der Waals surface area contributed by atoms with Crippen LogP contribution in [0.3, 0.4) is 0 Å². The van der Waals surface area contributed by atoms with Gasteiger partial charge in [-0.1, -0.05) is 363 Å². The summed E-state index contributed by atoms with van der Waals surface area (Å²) in [5.41, 5.74) is 0. The van der Waals surface area contributed by atoms with Gasteiger partial charge in [0, 0.05) is 25.7 Å². The summed E-state index contributed by atoms with van der Waals surface area (Å²) in [4.78, 5) is 72.5. The van der Waals surface area contributed by atoms with Crippen molar-refractivity contribution in [1.29, 1.82) is 0 Å². The van der Waals surface area contributed by atoms with Crippen molar-refractivity contribution in [3.8, 4) is 0 Å². The van der Waals surface area contributed by atoms with Crippen molar-refractivity contribution in [2.75, 3.05) is 39.6 Å². The van der Waals surface area contributed by atoms with Crippen LogP contribution in [0.25, 0.3) is 0 Å². The van der Waals surface area contributed by atoms with E-state index in [0.29, 0.717) is 31.6 Å². The van der Waals surface area contributed by atoms with E-state index < -0.39 is 97.5 Å². The van der Waals surface area contributed by atoms with Gasteiger partial charge >= 0.3 is 39.5 Å². The number of unbranched alkanes of at least 4 members (excludes halogenated alkanes) is 47. The number of carbonyl (C=O) groups excluding carboxylic acids is 4. The molecule has 0 saturated heterocycles. The first-order valence-corrected chi connectivity index (χ1v) is 44.0. The Morgan fingerprint density at radius 1 is 0.296 bits per heavy atom. The number of aliphatic hydroxyl groups is 1. The van der Waals surface area contributed by atoms with E-state index >= 15 is 0 Å². The Bertz CT molecular complexity index is 1890. The topological polar surface area (TPSA) is 237 Å². The van der Waals surface area contributed by atoms with Crippen LogP contribution < -0.4 is 0 Å². The van der Waals surface area contributed by atoms with E-state index in [1.54, 1.807) is 0 Å². The lowest BCUT2D eigenvalue weighted by Gasteiger charge is -2.21. The highest BCUT2D eigenvalue weighted by atomic mass is 31.2. The molecule has 0 aromatic rings. The fourth-order valence-corrected chi connectivity index (χ4v) is 13.7. The third kappa shape index (κ3) is 71.1. The Labute approximate surface area is 600 Å². The average molecular weight is 1440 g/mol. The molecule has 0 aliphatic carbocycles. The second-order valence-electron chi connectivity index (χ2n) is 29.2. The molecular weight excluding hydrogens is 1280 g/mol. The molecule has 19 heteroatoms. The van der Waals surface area contributed by atoms with Gasteiger partial charge < -0.3 is 33.8 Å². The van der Waals surface area contributed by atoms with Gasteiger partial charge in [0.1, 0.15) is 19.3 Å². The summed E-state index contributed by atoms with van der Waals surface area (Å²) in [6.07, 6.45) is 60.6. The highest BCUT2D eigenvalue weighted by Crippen LogP contribution is 2.45. The standard InChI is InChI=1S/C79H154O17P2/c1-7-10-12-14-15-16-17-18-19-20-21-22-23-24-28-31-34-37-40-43-50-56-62-77(82)90-68-75(95-78(83)63-57-51-44-41-38-35-32-29-26-25-27-30-33-36-39-42-49-54-60-72(6)9-3)70-94-98(87,88)92-66-73(80)65-91-97(85,86)93-69-74(67-89-76(81)61-55-47-13-11-8-2)96-79(84)64-58-52-46-45-48-53-59-71(4)5/h71-75,80H,7-70H2,1-6H3,(H,85,86)(H,87,88)/t72?,73-,74+,75+/m0/s1. The van der Waals surface area contributed by atoms with Crippen LogP contribution in [0, 0.1) is 11.8 Å². The minimum atomic E-state index is -4.96. The number of carbonyl (C=O) groups is 4. The summed E-state index contributed by atoms with van der Waals surface area (Å²) in [7, 11) is -9.90. The summed E-state index contributed by atoms with van der Waals surface area (Å²) in [6, 6.07) is 0. The van der Waals surface area contributed by atoms with Crippen molar-refractivity contribution in [1.82, 2.24) is 0 Å². The summed E-state index contributed by atoms with van der Waals surface area (Å²) in [5, 5.41) is 10.6. The van der Waals surface area contributed by atoms with Gasteiger partial charge in [0.2, 0.25) is 0 Å². The number of phosphoric ester groups is 2. The van der Waals surface area contributed by atoms with Crippen LogP contribution in [0.4, 0.5) is 0 Å². The molecular formula is C79H154O17P2. The number of hydrogen-bond donors (Lipinski definition) is 3. The van der Waals surface area contributed by atoms with Gasteiger partial charge in [0.05, 0.1) is 26.4 Å². The maximum Gasteiger partial charge on any atom is 0.472 e. The van der Waals surface area contributed by atoms with Gasteiger partial charge in [-0.2, -0.15) is 0 Å². The van der Waals surface area contributed by atoms with Gasteiger partial charge in [-0.15, -0.1) is 0 Å². The first-order valence-electron chi connectivity index (χ1n) is 41.0. The molecule has 17 nitrogen and oxygen atoms in total. The van der Waals surface area contributed by atoms with E-state index in [1.165, 1.54) is 225 Å². The number of rotatable bonds is 78. The second-order valence-corrected chi connectivity index (χ2v) is 32.1. The lowest BCUT2D eigenvalue weighted by Crippen LogP contribution is -2.30. The van der Waals surface area contributed by atoms with E-state index in [9.17, 15) is 43.2 Å². The maximum atomic E-state index is 13.1. The number of ether oxygens (including phenoxy) is 4. The smallest absolute Gasteiger partial charge is 0.462 e. The molecule has 0 rings (SSSR count). The SMILES string of the molecule is CCCCCCCCCCCCCCCCCCCCCCCCC(=O)OC[C@H](COP(=O)(O)OC[C@@H](O)COP(=O)(O)OC[C@@H](COC(=O)CCCCCCC)OC(=O)CCCCCCCCC(C)C)OC(=O)CCCCCCCCCCCCCCCCCCCCC(C)CC. The molecule has 0 saturated carbocycles. The van der Waals surface area contributed by atoms with Gasteiger partial charge in [0.25, 0.3) is 0 Å². The van der Waals surface area contributed by atoms with Crippen molar-refractivity contribution in [2.45, 2.75) is 432 Å². The van der Waals surface area contributed by atoms with E-state index in [4.69, 9.17) is 37.0 Å². The Kier molecular flexibility index (Phi) is 69.3. The van der Waals surface area contributed by atoms with Crippen LogP contribution in [-0.2, 0) is 65.4 Å².